The van der Waals surface area contributed by atoms with E-state index in [4.69, 9.17) is 4.74 Å². The molecular weight excluding hydrogens is 278 g/mol. The predicted octanol–water partition coefficient (Wildman–Crippen LogP) is 2.71. The van der Waals surface area contributed by atoms with E-state index in [1.54, 1.807) is 13.2 Å². The number of benzene rings is 1. The molecule has 0 heterocycles. The molecule has 0 spiro atoms. The molecular formula is C18H27NO3. The fourth-order valence-corrected chi connectivity index (χ4v) is 2.15. The highest BCUT2D eigenvalue weighted by Gasteiger charge is 2.09. The summed E-state index contributed by atoms with van der Waals surface area (Å²) in [6.07, 6.45) is 2.47. The van der Waals surface area contributed by atoms with Gasteiger partial charge in [0.05, 0.1) is 13.2 Å². The molecule has 1 atom stereocenters. The molecule has 1 unspecified atom stereocenters. The summed E-state index contributed by atoms with van der Waals surface area (Å²) in [7, 11) is 1.64. The molecule has 1 aromatic rings. The summed E-state index contributed by atoms with van der Waals surface area (Å²) >= 11 is 0. The number of para-hydroxylation sites is 1. The molecule has 122 valence electrons. The molecule has 0 saturated carbocycles. The number of hydrogen-bond donors (Lipinski definition) is 2. The second kappa shape index (κ2) is 9.26. The minimum Gasteiger partial charge on any atom is -0.496 e. The van der Waals surface area contributed by atoms with Crippen LogP contribution in [0, 0.1) is 5.92 Å². The van der Waals surface area contributed by atoms with Crippen molar-refractivity contribution >= 4 is 5.91 Å². The van der Waals surface area contributed by atoms with Gasteiger partial charge in [-0.1, -0.05) is 37.6 Å². The largest absolute Gasteiger partial charge is 0.496 e. The number of rotatable bonds is 8. The number of carbonyl (C=O) groups excluding carboxylic acids is 1. The quantitative estimate of drug-likeness (QED) is 0.726. The van der Waals surface area contributed by atoms with Crippen molar-refractivity contribution in [3.8, 4) is 5.75 Å². The maximum Gasteiger partial charge on any atom is 0.243 e. The monoisotopic (exact) mass is 305 g/mol. The van der Waals surface area contributed by atoms with Crippen LogP contribution in [0.3, 0.4) is 0 Å². The average Bonchev–Trinajstić information content (AvgIpc) is 2.47. The van der Waals surface area contributed by atoms with Gasteiger partial charge in [0.15, 0.2) is 0 Å². The molecule has 2 N–H and O–H groups in total. The van der Waals surface area contributed by atoms with Crippen LogP contribution in [0.5, 0.6) is 5.75 Å². The van der Waals surface area contributed by atoms with Gasteiger partial charge in [-0.2, -0.15) is 0 Å². The average molecular weight is 305 g/mol. The molecule has 0 aliphatic carbocycles. The Balaban J connectivity index is 2.49. The van der Waals surface area contributed by atoms with Crippen LogP contribution in [0.1, 0.15) is 32.8 Å². The van der Waals surface area contributed by atoms with Crippen molar-refractivity contribution in [3.05, 3.63) is 41.5 Å². The molecule has 1 aromatic carbocycles. The molecule has 4 heteroatoms. The van der Waals surface area contributed by atoms with Crippen LogP contribution in [0.25, 0.3) is 0 Å². The summed E-state index contributed by atoms with van der Waals surface area (Å²) < 4.78 is 5.31. The summed E-state index contributed by atoms with van der Waals surface area (Å²) in [6.45, 7) is 6.33. The van der Waals surface area contributed by atoms with Crippen molar-refractivity contribution < 1.29 is 14.6 Å². The number of ether oxygens (including phenoxy) is 1. The Morgan fingerprint density at radius 2 is 2.05 bits per heavy atom. The van der Waals surface area contributed by atoms with Gasteiger partial charge < -0.3 is 15.2 Å². The van der Waals surface area contributed by atoms with Crippen LogP contribution in [-0.2, 0) is 11.2 Å². The highest BCUT2D eigenvalue weighted by Crippen LogP contribution is 2.20. The summed E-state index contributed by atoms with van der Waals surface area (Å²) in [5, 5.41) is 12.5. The van der Waals surface area contributed by atoms with Gasteiger partial charge in [-0.25, -0.2) is 0 Å². The van der Waals surface area contributed by atoms with Crippen LogP contribution in [0.4, 0.5) is 0 Å². The van der Waals surface area contributed by atoms with E-state index in [2.05, 4.69) is 5.32 Å². The Hall–Kier alpha value is -1.81. The lowest BCUT2D eigenvalue weighted by atomic mass is 10.0. The molecule has 0 saturated heterocycles. The Labute approximate surface area is 133 Å². The molecule has 1 rings (SSSR count). The van der Waals surface area contributed by atoms with Crippen molar-refractivity contribution in [1.82, 2.24) is 5.32 Å². The van der Waals surface area contributed by atoms with E-state index in [-0.39, 0.29) is 17.9 Å². The van der Waals surface area contributed by atoms with E-state index >= 15 is 0 Å². The zero-order chi connectivity index (χ0) is 16.5. The van der Waals surface area contributed by atoms with Gasteiger partial charge in [-0.15, -0.1) is 0 Å². The van der Waals surface area contributed by atoms with Crippen molar-refractivity contribution in [2.75, 3.05) is 13.7 Å². The third kappa shape index (κ3) is 6.31. The first-order chi connectivity index (χ1) is 10.4. The highest BCUT2D eigenvalue weighted by atomic mass is 16.5. The summed E-state index contributed by atoms with van der Waals surface area (Å²) in [6, 6.07) is 7.79. The fraction of sp³-hybridized carbons (Fsp3) is 0.500. The third-order valence-electron chi connectivity index (χ3n) is 3.55. The fourth-order valence-electron chi connectivity index (χ4n) is 2.15. The first kappa shape index (κ1) is 18.2. The van der Waals surface area contributed by atoms with Crippen LogP contribution in [-0.4, -0.2) is 30.8 Å². The molecule has 22 heavy (non-hydrogen) atoms. The summed E-state index contributed by atoms with van der Waals surface area (Å²) in [4.78, 5) is 11.8. The number of amides is 1. The molecule has 0 aromatic heterocycles. The van der Waals surface area contributed by atoms with Gasteiger partial charge in [-0.3, -0.25) is 4.79 Å². The molecule has 0 radical (unpaired) electrons. The molecule has 0 aliphatic rings. The molecule has 0 aliphatic heterocycles. The number of hydrogen-bond acceptors (Lipinski definition) is 3. The number of aliphatic hydroxyl groups is 1. The van der Waals surface area contributed by atoms with Crippen LogP contribution in [0.15, 0.2) is 35.9 Å². The minimum atomic E-state index is -0.376. The molecule has 0 fully saturated rings. The zero-order valence-corrected chi connectivity index (χ0v) is 13.9. The normalized spacial score (nSPS) is 13.1. The van der Waals surface area contributed by atoms with E-state index in [0.717, 1.165) is 16.9 Å². The third-order valence-corrected chi connectivity index (χ3v) is 3.55. The first-order valence-corrected chi connectivity index (χ1v) is 7.69. The number of nitrogens with one attached hydrogen (secondary N) is 1. The Morgan fingerprint density at radius 1 is 1.36 bits per heavy atom. The molecule has 1 amide bonds. The highest BCUT2D eigenvalue weighted by molar-refractivity contribution is 5.88. The second-order valence-electron chi connectivity index (χ2n) is 5.87. The predicted molar refractivity (Wildman–Crippen MR) is 88.9 cm³/mol. The Bertz CT molecular complexity index is 509. The van der Waals surface area contributed by atoms with Crippen molar-refractivity contribution in [1.29, 1.82) is 0 Å². The molecule has 0 bridgehead atoms. The van der Waals surface area contributed by atoms with E-state index < -0.39 is 0 Å². The number of allylic oxidation sites excluding steroid dienone is 1. The van der Waals surface area contributed by atoms with Crippen LogP contribution < -0.4 is 10.1 Å². The lowest BCUT2D eigenvalue weighted by Crippen LogP contribution is -2.27. The van der Waals surface area contributed by atoms with Gasteiger partial charge in [0.2, 0.25) is 5.91 Å². The van der Waals surface area contributed by atoms with Crippen LogP contribution >= 0.6 is 0 Å². The smallest absolute Gasteiger partial charge is 0.243 e. The van der Waals surface area contributed by atoms with Gasteiger partial charge in [0.1, 0.15) is 5.75 Å². The maximum absolute atomic E-state index is 11.8. The minimum absolute atomic E-state index is 0.122. The first-order valence-electron chi connectivity index (χ1n) is 7.69. The SMILES string of the molecule is COc1ccccc1CC(C)=CC(=O)NCCC(O)C(C)C. The van der Waals surface area contributed by atoms with Crippen LogP contribution in [0.2, 0.25) is 0 Å². The van der Waals surface area contributed by atoms with E-state index in [1.165, 1.54) is 0 Å². The molecule has 4 nitrogen and oxygen atoms in total. The number of carbonyl (C=O) groups is 1. The topological polar surface area (TPSA) is 58.6 Å². The van der Waals surface area contributed by atoms with Gasteiger partial charge in [0.25, 0.3) is 0 Å². The maximum atomic E-state index is 11.8. The zero-order valence-electron chi connectivity index (χ0n) is 13.9. The Morgan fingerprint density at radius 3 is 2.68 bits per heavy atom. The standard InChI is InChI=1S/C18H27NO3/c1-13(2)16(20)9-10-19-18(21)12-14(3)11-15-7-5-6-8-17(15)22-4/h5-8,12-13,16,20H,9-11H2,1-4H3,(H,19,21). The van der Waals surface area contributed by atoms with Gasteiger partial charge in [-0.05, 0) is 37.3 Å². The van der Waals surface area contributed by atoms with E-state index in [0.29, 0.717) is 19.4 Å². The van der Waals surface area contributed by atoms with Crippen molar-refractivity contribution in [2.24, 2.45) is 5.92 Å². The number of methoxy groups -OCH3 is 1. The van der Waals surface area contributed by atoms with Crippen molar-refractivity contribution in [2.45, 2.75) is 39.7 Å². The second-order valence-corrected chi connectivity index (χ2v) is 5.87. The summed E-state index contributed by atoms with van der Waals surface area (Å²) in [5.74, 6) is 0.916. The summed E-state index contributed by atoms with van der Waals surface area (Å²) in [5.41, 5.74) is 2.02. The van der Waals surface area contributed by atoms with Gasteiger partial charge >= 0.3 is 0 Å². The van der Waals surface area contributed by atoms with Gasteiger partial charge in [0, 0.05) is 12.6 Å². The lowest BCUT2D eigenvalue weighted by molar-refractivity contribution is -0.116. The van der Waals surface area contributed by atoms with E-state index in [1.807, 2.05) is 45.0 Å². The Kier molecular flexibility index (Phi) is 7.67. The van der Waals surface area contributed by atoms with E-state index in [9.17, 15) is 9.90 Å². The lowest BCUT2D eigenvalue weighted by Gasteiger charge is -2.14. The van der Waals surface area contributed by atoms with Crippen molar-refractivity contribution in [3.63, 3.8) is 0 Å². The number of aliphatic hydroxyl groups excluding tert-OH is 1.